The summed E-state index contributed by atoms with van der Waals surface area (Å²) in [6, 6.07) is 7.01. The summed E-state index contributed by atoms with van der Waals surface area (Å²) in [4.78, 5) is 12.5. The average Bonchev–Trinajstić information content (AvgIpc) is 2.48. The summed E-state index contributed by atoms with van der Waals surface area (Å²) in [7, 11) is 0. The van der Waals surface area contributed by atoms with Gasteiger partial charge in [-0.2, -0.15) is 5.26 Å². The van der Waals surface area contributed by atoms with Gasteiger partial charge in [-0.05, 0) is 43.4 Å². The van der Waals surface area contributed by atoms with Crippen LogP contribution in [0.1, 0.15) is 43.2 Å². The molecule has 0 amide bonds. The maximum atomic E-state index is 13.1. The molecule has 1 aromatic rings. The van der Waals surface area contributed by atoms with E-state index in [2.05, 4.69) is 5.32 Å². The molecule has 2 aliphatic heterocycles. The normalized spacial score (nSPS) is 27.9. The van der Waals surface area contributed by atoms with Crippen LogP contribution in [0.4, 0.5) is 4.39 Å². The van der Waals surface area contributed by atoms with E-state index in [1.165, 1.54) is 18.6 Å². The zero-order valence-corrected chi connectivity index (χ0v) is 11.9. The highest BCUT2D eigenvalue weighted by Crippen LogP contribution is 2.31. The van der Waals surface area contributed by atoms with Crippen molar-refractivity contribution in [1.29, 1.82) is 5.26 Å². The standard InChI is InChI=1S/C17H19FN2O/c18-14-5-4-11(13(6-14)10-19)9-17(21)12-7-15-2-1-3-16(8-12)20-15/h4-6,12,15-16,20H,1-3,7-9H2. The van der Waals surface area contributed by atoms with Crippen molar-refractivity contribution in [3.8, 4) is 6.07 Å². The molecule has 3 nitrogen and oxygen atoms in total. The minimum absolute atomic E-state index is 0.0816. The zero-order chi connectivity index (χ0) is 14.8. The molecule has 3 rings (SSSR count). The van der Waals surface area contributed by atoms with E-state index >= 15 is 0 Å². The lowest BCUT2D eigenvalue weighted by atomic mass is 9.77. The number of hydrogen-bond donors (Lipinski definition) is 1. The van der Waals surface area contributed by atoms with E-state index in [9.17, 15) is 9.18 Å². The fraction of sp³-hybridized carbons (Fsp3) is 0.529. The monoisotopic (exact) mass is 286 g/mol. The van der Waals surface area contributed by atoms with E-state index in [0.717, 1.165) is 25.7 Å². The summed E-state index contributed by atoms with van der Waals surface area (Å²) in [5, 5.41) is 12.6. The number of piperidine rings is 2. The van der Waals surface area contributed by atoms with Gasteiger partial charge >= 0.3 is 0 Å². The molecule has 2 saturated heterocycles. The third kappa shape index (κ3) is 3.14. The van der Waals surface area contributed by atoms with Gasteiger partial charge in [0.25, 0.3) is 0 Å². The molecule has 0 aliphatic carbocycles. The van der Waals surface area contributed by atoms with Gasteiger partial charge in [0.05, 0.1) is 11.6 Å². The molecule has 2 fully saturated rings. The summed E-state index contributed by atoms with van der Waals surface area (Å²) in [6.45, 7) is 0. The van der Waals surface area contributed by atoms with Crippen molar-refractivity contribution in [2.24, 2.45) is 5.92 Å². The number of nitrogens with one attached hydrogen (secondary N) is 1. The van der Waals surface area contributed by atoms with Crippen molar-refractivity contribution in [2.75, 3.05) is 0 Å². The fourth-order valence-electron chi connectivity index (χ4n) is 3.67. The highest BCUT2D eigenvalue weighted by Gasteiger charge is 2.34. The van der Waals surface area contributed by atoms with E-state index in [4.69, 9.17) is 5.26 Å². The lowest BCUT2D eigenvalue weighted by Crippen LogP contribution is -2.50. The number of rotatable bonds is 3. The van der Waals surface area contributed by atoms with Crippen LogP contribution in [0.3, 0.4) is 0 Å². The summed E-state index contributed by atoms with van der Waals surface area (Å²) in [5.74, 6) is -0.159. The first kappa shape index (κ1) is 14.2. The predicted molar refractivity (Wildman–Crippen MR) is 77.1 cm³/mol. The highest BCUT2D eigenvalue weighted by molar-refractivity contribution is 5.84. The zero-order valence-electron chi connectivity index (χ0n) is 11.9. The van der Waals surface area contributed by atoms with Gasteiger partial charge in [-0.1, -0.05) is 12.5 Å². The van der Waals surface area contributed by atoms with Gasteiger partial charge in [0.15, 0.2) is 0 Å². The second-order valence-electron chi connectivity index (χ2n) is 6.22. The Morgan fingerprint density at radius 2 is 2.05 bits per heavy atom. The van der Waals surface area contributed by atoms with Crippen LogP contribution in [0.2, 0.25) is 0 Å². The number of nitriles is 1. The molecule has 1 N–H and O–H groups in total. The lowest BCUT2D eigenvalue weighted by molar-refractivity contribution is -0.124. The molecular formula is C17H19FN2O. The maximum Gasteiger partial charge on any atom is 0.140 e. The molecule has 110 valence electrons. The molecule has 1 aromatic carbocycles. The van der Waals surface area contributed by atoms with E-state index in [1.807, 2.05) is 6.07 Å². The van der Waals surface area contributed by atoms with Crippen LogP contribution in [0.15, 0.2) is 18.2 Å². The minimum atomic E-state index is -0.431. The van der Waals surface area contributed by atoms with E-state index in [0.29, 0.717) is 17.6 Å². The number of hydrogen-bond acceptors (Lipinski definition) is 3. The van der Waals surface area contributed by atoms with E-state index in [-0.39, 0.29) is 23.7 Å². The van der Waals surface area contributed by atoms with Crippen LogP contribution in [-0.2, 0) is 11.2 Å². The van der Waals surface area contributed by atoms with Gasteiger partial charge in [0.2, 0.25) is 0 Å². The summed E-state index contributed by atoms with van der Waals surface area (Å²) >= 11 is 0. The van der Waals surface area contributed by atoms with Gasteiger partial charge in [-0.3, -0.25) is 4.79 Å². The highest BCUT2D eigenvalue weighted by atomic mass is 19.1. The van der Waals surface area contributed by atoms with Crippen molar-refractivity contribution < 1.29 is 9.18 Å². The second kappa shape index (κ2) is 5.95. The van der Waals surface area contributed by atoms with Gasteiger partial charge < -0.3 is 5.32 Å². The van der Waals surface area contributed by atoms with E-state index in [1.54, 1.807) is 6.07 Å². The molecule has 0 radical (unpaired) electrons. The number of benzene rings is 1. The molecule has 4 heteroatoms. The molecule has 0 spiro atoms. The Hall–Kier alpha value is -1.73. The van der Waals surface area contributed by atoms with Crippen LogP contribution in [0.25, 0.3) is 0 Å². The number of nitrogens with zero attached hydrogens (tertiary/aromatic N) is 1. The molecular weight excluding hydrogens is 267 g/mol. The van der Waals surface area contributed by atoms with Gasteiger partial charge in [-0.25, -0.2) is 4.39 Å². The number of carbonyl (C=O) groups excluding carboxylic acids is 1. The number of Topliss-reactive ketones (excluding diaryl/α,β-unsaturated/α-hetero) is 1. The molecule has 2 heterocycles. The van der Waals surface area contributed by atoms with Crippen molar-refractivity contribution in [1.82, 2.24) is 5.32 Å². The van der Waals surface area contributed by atoms with Gasteiger partial charge in [0.1, 0.15) is 11.6 Å². The Morgan fingerprint density at radius 1 is 1.33 bits per heavy atom. The fourth-order valence-corrected chi connectivity index (χ4v) is 3.67. The van der Waals surface area contributed by atoms with Crippen LogP contribution < -0.4 is 5.32 Å². The Bertz CT molecular complexity index is 581. The quantitative estimate of drug-likeness (QED) is 0.929. The largest absolute Gasteiger partial charge is 0.311 e. The Labute approximate surface area is 124 Å². The SMILES string of the molecule is N#Cc1cc(F)ccc1CC(=O)C1CC2CCCC(C1)N2. The first-order valence-corrected chi connectivity index (χ1v) is 7.63. The van der Waals surface area contributed by atoms with Crippen LogP contribution in [0.5, 0.6) is 0 Å². The molecule has 21 heavy (non-hydrogen) atoms. The second-order valence-corrected chi connectivity index (χ2v) is 6.22. The van der Waals surface area contributed by atoms with E-state index < -0.39 is 5.82 Å². The third-order valence-corrected chi connectivity index (χ3v) is 4.73. The third-order valence-electron chi connectivity index (χ3n) is 4.73. The number of ketones is 1. The molecule has 2 aliphatic rings. The summed E-state index contributed by atoms with van der Waals surface area (Å²) < 4.78 is 13.1. The number of fused-ring (bicyclic) bond motifs is 2. The molecule has 2 bridgehead atoms. The van der Waals surface area contributed by atoms with Crippen molar-refractivity contribution in [3.05, 3.63) is 35.1 Å². The Balaban J connectivity index is 1.70. The summed E-state index contributed by atoms with van der Waals surface area (Å²) in [5.41, 5.74) is 0.921. The smallest absolute Gasteiger partial charge is 0.140 e. The molecule has 2 unspecified atom stereocenters. The Morgan fingerprint density at radius 3 is 2.71 bits per heavy atom. The number of halogens is 1. The van der Waals surface area contributed by atoms with Crippen molar-refractivity contribution in [2.45, 2.75) is 50.6 Å². The first-order chi connectivity index (χ1) is 10.2. The average molecular weight is 286 g/mol. The summed E-state index contributed by atoms with van der Waals surface area (Å²) in [6.07, 6.45) is 5.60. The topological polar surface area (TPSA) is 52.9 Å². The van der Waals surface area contributed by atoms with Crippen molar-refractivity contribution >= 4 is 5.78 Å². The molecule has 0 aromatic heterocycles. The molecule has 2 atom stereocenters. The lowest BCUT2D eigenvalue weighted by Gasteiger charge is -2.39. The van der Waals surface area contributed by atoms with Crippen LogP contribution >= 0.6 is 0 Å². The minimum Gasteiger partial charge on any atom is -0.311 e. The van der Waals surface area contributed by atoms with Crippen LogP contribution in [0, 0.1) is 23.1 Å². The van der Waals surface area contributed by atoms with Gasteiger partial charge in [-0.15, -0.1) is 0 Å². The van der Waals surface area contributed by atoms with Gasteiger partial charge in [0, 0.05) is 24.4 Å². The van der Waals surface area contributed by atoms with Crippen LogP contribution in [-0.4, -0.2) is 17.9 Å². The molecule has 0 saturated carbocycles. The van der Waals surface area contributed by atoms with Crippen molar-refractivity contribution in [3.63, 3.8) is 0 Å². The first-order valence-electron chi connectivity index (χ1n) is 7.63. The predicted octanol–water partition coefficient (Wildman–Crippen LogP) is 2.73. The maximum absolute atomic E-state index is 13.1. The Kier molecular flexibility index (Phi) is 4.03. The number of carbonyl (C=O) groups is 1.